The molecule has 12 aromatic carbocycles. The molecule has 648 valence electrons. The van der Waals surface area contributed by atoms with Crippen LogP contribution in [0.2, 0.25) is 0 Å². The zero-order chi connectivity index (χ0) is 87.1. The quantitative estimate of drug-likeness (QED) is 0.0943. The predicted octanol–water partition coefficient (Wildman–Crippen LogP) is 27.9. The minimum atomic E-state index is 0. The Labute approximate surface area is 830 Å². The van der Waals surface area contributed by atoms with E-state index < -0.39 is 0 Å². The minimum absolute atomic E-state index is 0. The monoisotopic (exact) mass is 2330 g/mol. The van der Waals surface area contributed by atoms with Gasteiger partial charge in [-0.3, -0.25) is 15.0 Å². The van der Waals surface area contributed by atoms with Crippen LogP contribution in [0.1, 0.15) is 0 Å². The van der Waals surface area contributed by atoms with Crippen molar-refractivity contribution in [2.75, 3.05) is 0 Å². The molecule has 15 aromatic heterocycles. The number of rotatable bonds is 15. The maximum atomic E-state index is 4.96. The molecule has 0 aliphatic heterocycles. The van der Waals surface area contributed by atoms with Crippen LogP contribution in [0.5, 0.6) is 0 Å². The van der Waals surface area contributed by atoms with E-state index in [1.807, 2.05) is 153 Å². The zero-order valence-electron chi connectivity index (χ0n) is 71.2. The summed E-state index contributed by atoms with van der Waals surface area (Å²) in [7, 11) is 0. The average Bonchev–Trinajstić information content (AvgIpc) is 1.59. The summed E-state index contributed by atoms with van der Waals surface area (Å²) in [6.45, 7) is 0. The molecule has 0 fully saturated rings. The molecule has 15 nitrogen and oxygen atoms in total. The van der Waals surface area contributed by atoms with E-state index >= 15 is 0 Å². The third-order valence-electron chi connectivity index (χ3n) is 24.1. The molecule has 27 aromatic rings. The fraction of sp³-hybridized carbons (Fsp3) is 0. The van der Waals surface area contributed by atoms with Crippen LogP contribution in [0, 0.1) is 36.4 Å². The number of hydrogen-bond acceptors (Lipinski definition) is 9. The van der Waals surface area contributed by atoms with Crippen molar-refractivity contribution in [3.63, 3.8) is 0 Å². The van der Waals surface area contributed by atoms with E-state index in [-0.39, 0.29) is 63.2 Å². The molecule has 21 heteroatoms. The number of hydrogen-bond donors (Lipinski definition) is 0. The Morgan fingerprint density at radius 2 is 0.585 bits per heavy atom. The summed E-state index contributed by atoms with van der Waals surface area (Å²) in [5.74, 6) is 0. The second-order valence-electron chi connectivity index (χ2n) is 32.0. The van der Waals surface area contributed by atoms with E-state index in [0.717, 1.165) is 193 Å². The maximum Gasteiger partial charge on any atom is 2.00 e. The van der Waals surface area contributed by atoms with Crippen molar-refractivity contribution >= 4 is 130 Å². The fourth-order valence-corrected chi connectivity index (χ4v) is 20.6. The van der Waals surface area contributed by atoms with Crippen molar-refractivity contribution < 1.29 is 63.2 Å². The van der Waals surface area contributed by atoms with Crippen LogP contribution in [0.4, 0.5) is 0 Å². The molecule has 0 radical (unpaired) electrons. The van der Waals surface area contributed by atoms with Gasteiger partial charge in [-0.2, -0.15) is 34.0 Å². The van der Waals surface area contributed by atoms with Gasteiger partial charge in [0.25, 0.3) is 0 Å². The standard InChI is InChI=1S/3C38H23N5S.3Pt/c1-3-11-33-29(9-1)30-16-13-27(38-40-32-10-2-4-12-37(32)44-38)24-35(30)43(33)36-23-26(14-18-34(36)42-21-7-8-22-42)31-17-15-28(25-39-31)41-19-5-6-20-41;1-2-11-37-34(10-1)40-38(44-37)27-12-15-31-32-24-28(41-18-3-4-19-41)14-17-35(32)43(36(31)23-27)29-9-7-8-26(22-29)33-16-13-30(25-39-33)42-20-5-6-21-42;1-2-11-37-32(10-1)40-38(44-37)27-12-15-29-30-25-28(41-19-5-6-20-41)14-17-33(30)43(35(29)24-27)36-23-26(31-9-3-4-18-39-31)13-16-34(36)42-21-7-8-22-42;;;/h1-22,25H;1-21,24-25H;1-22,25H;;;/q3*-2;3*+2. The zero-order valence-corrected chi connectivity index (χ0v) is 80.5. The second kappa shape index (κ2) is 36.5. The van der Waals surface area contributed by atoms with Crippen LogP contribution >= 0.6 is 34.0 Å². The van der Waals surface area contributed by atoms with Crippen molar-refractivity contribution in [3.8, 4) is 117 Å². The van der Waals surface area contributed by atoms with Crippen LogP contribution in [-0.2, 0) is 63.2 Å². The molecule has 0 unspecified atom stereocenters. The molecule has 0 saturated heterocycles. The Hall–Kier alpha value is -15.1. The average molecular weight is 2330 g/mol. The molecular formula is C114H69N15Pt3S3. The summed E-state index contributed by atoms with van der Waals surface area (Å²) in [6.07, 6.45) is 30.3. The summed E-state index contributed by atoms with van der Waals surface area (Å²) in [4.78, 5) is 29.1. The number of thiazole rings is 3. The molecule has 0 spiro atoms. The second-order valence-corrected chi connectivity index (χ2v) is 35.1. The number of para-hydroxylation sites is 4. The molecule has 15 heterocycles. The number of benzene rings is 12. The van der Waals surface area contributed by atoms with Crippen LogP contribution in [-0.4, -0.2) is 71.0 Å². The fourth-order valence-electron chi connectivity index (χ4n) is 17.8. The third kappa shape index (κ3) is 15.9. The molecule has 0 aliphatic rings. The van der Waals surface area contributed by atoms with Crippen molar-refractivity contribution in [3.05, 3.63) is 457 Å². The van der Waals surface area contributed by atoms with Crippen molar-refractivity contribution in [1.82, 2.24) is 71.0 Å². The number of aromatic nitrogens is 15. The first-order valence-corrected chi connectivity index (χ1v) is 45.7. The van der Waals surface area contributed by atoms with Gasteiger partial charge in [0.2, 0.25) is 0 Å². The molecule has 27 rings (SSSR count). The van der Waals surface area contributed by atoms with Gasteiger partial charge in [0, 0.05) is 125 Å². The Morgan fingerprint density at radius 3 is 1.01 bits per heavy atom. The first kappa shape index (κ1) is 85.4. The van der Waals surface area contributed by atoms with Gasteiger partial charge in [-0.05, 0) is 273 Å². The topological polar surface area (TPSA) is 122 Å². The Morgan fingerprint density at radius 1 is 0.230 bits per heavy atom. The first-order chi connectivity index (χ1) is 65.4. The van der Waals surface area contributed by atoms with Gasteiger partial charge >= 0.3 is 63.2 Å². The largest absolute Gasteiger partial charge is 2.00 e. The van der Waals surface area contributed by atoms with Gasteiger partial charge in [0.05, 0.1) is 27.9 Å². The van der Waals surface area contributed by atoms with Gasteiger partial charge in [0.1, 0.15) is 0 Å². The van der Waals surface area contributed by atoms with E-state index in [2.05, 4.69) is 350 Å². The van der Waals surface area contributed by atoms with Gasteiger partial charge in [-0.1, -0.05) is 95.0 Å². The first-order valence-electron chi connectivity index (χ1n) is 43.2. The van der Waals surface area contributed by atoms with Gasteiger partial charge in [0.15, 0.2) is 0 Å². The third-order valence-corrected chi connectivity index (χ3v) is 27.3. The molecule has 0 amide bonds. The normalized spacial score (nSPS) is 11.4. The van der Waals surface area contributed by atoms with E-state index in [4.69, 9.17) is 24.9 Å². The molecule has 0 N–H and O–H groups in total. The van der Waals surface area contributed by atoms with Crippen molar-refractivity contribution in [2.45, 2.75) is 0 Å². The van der Waals surface area contributed by atoms with E-state index in [0.29, 0.717) is 0 Å². The molecular weight excluding hydrogens is 2260 g/mol. The van der Waals surface area contributed by atoms with Gasteiger partial charge in [-0.15, -0.1) is 149 Å². The van der Waals surface area contributed by atoms with E-state index in [1.54, 1.807) is 34.0 Å². The van der Waals surface area contributed by atoms with Crippen LogP contribution < -0.4 is 0 Å². The molecule has 0 aliphatic carbocycles. The number of nitrogens with zero attached hydrogens (tertiary/aromatic N) is 15. The van der Waals surface area contributed by atoms with Gasteiger partial charge < -0.3 is 56.1 Å². The Balaban J connectivity index is 0.000000116. The van der Waals surface area contributed by atoms with Crippen LogP contribution in [0.15, 0.2) is 421 Å². The summed E-state index contributed by atoms with van der Waals surface area (Å²) in [6, 6.07) is 136. The molecule has 0 atom stereocenters. The van der Waals surface area contributed by atoms with E-state index in [9.17, 15) is 0 Å². The summed E-state index contributed by atoms with van der Waals surface area (Å²) in [5.41, 5.74) is 26.6. The molecule has 0 bridgehead atoms. The number of fused-ring (bicyclic) bond motifs is 12. The predicted molar refractivity (Wildman–Crippen MR) is 537 cm³/mol. The maximum absolute atomic E-state index is 4.96. The molecule has 0 saturated carbocycles. The van der Waals surface area contributed by atoms with Crippen LogP contribution in [0.3, 0.4) is 0 Å². The summed E-state index contributed by atoms with van der Waals surface area (Å²) < 4.78 is 23.0. The van der Waals surface area contributed by atoms with Gasteiger partial charge in [-0.25, -0.2) is 0 Å². The van der Waals surface area contributed by atoms with Crippen molar-refractivity contribution in [1.29, 1.82) is 0 Å². The summed E-state index contributed by atoms with van der Waals surface area (Å²) >= 11 is 5.08. The Bertz CT molecular complexity index is 8860. The minimum Gasteiger partial charge on any atom is -0.362 e. The van der Waals surface area contributed by atoms with Crippen LogP contribution in [0.25, 0.3) is 213 Å². The molecule has 135 heavy (non-hydrogen) atoms. The number of pyridine rings is 3. The Kier molecular flexibility index (Phi) is 23.1. The summed E-state index contributed by atoms with van der Waals surface area (Å²) in [5, 5.41) is 9.73. The van der Waals surface area contributed by atoms with Crippen molar-refractivity contribution in [2.24, 2.45) is 0 Å². The smallest absolute Gasteiger partial charge is 0.362 e. The SMILES string of the molecule is [Pt+2].[Pt+2].[Pt+2].[c-]1c(-c2ccc(-n3cccc3)cn2)ccc(-n2cccc2)c1-n1c2[c-]c(-c3nc4ccccc4s3)ccc2c2ccccc21.[c-]1c(-c2ccc(-n3cccc3)cn2)cccc1-n1c2[c-]c(-c3nc4ccccc4s3)ccc2c2cc(-n3cccc3)ccc21.[c-]1c(-c2ccccn2)ccc(-n2cccc2)c1-n1c2[c-]c(-c3nc4ccccc4s3)ccc2c2cc(-n3cccc3)ccc21. The van der Waals surface area contributed by atoms with E-state index in [1.165, 1.54) is 19.5 Å².